The minimum atomic E-state index is -2.83. The Hall–Kier alpha value is -0.790. The number of fused-ring (bicyclic) bond motifs is 1. The average molecular weight is 198 g/mol. The lowest BCUT2D eigenvalue weighted by molar-refractivity contribution is 0.315. The van der Waals surface area contributed by atoms with Crippen LogP contribution in [0.3, 0.4) is 0 Å². The molecule has 0 saturated heterocycles. The zero-order chi connectivity index (χ0) is 9.31. The molecule has 2 rings (SSSR count). The van der Waals surface area contributed by atoms with Gasteiger partial charge in [0.2, 0.25) is 0 Å². The van der Waals surface area contributed by atoms with Crippen molar-refractivity contribution in [3.63, 3.8) is 0 Å². The van der Waals surface area contributed by atoms with Crippen molar-refractivity contribution < 1.29 is 13.6 Å². The van der Waals surface area contributed by atoms with Gasteiger partial charge in [0.25, 0.3) is 0 Å². The summed E-state index contributed by atoms with van der Waals surface area (Å²) in [5.74, 6) is 0.693. The molecule has 1 aliphatic rings. The molecule has 0 radical (unpaired) electrons. The minimum absolute atomic E-state index is 0.473. The average Bonchev–Trinajstić information content (AvgIpc) is 2.18. The molecular weight excluding hydrogens is 187 g/mol. The van der Waals surface area contributed by atoms with Gasteiger partial charge in [-0.2, -0.15) is 0 Å². The summed E-state index contributed by atoms with van der Waals surface area (Å²) in [7, 11) is -1.40. The van der Waals surface area contributed by atoms with Crippen LogP contribution < -0.4 is 4.52 Å². The molecule has 0 fully saturated rings. The second-order valence-corrected chi connectivity index (χ2v) is 5.18. The third-order valence-electron chi connectivity index (χ3n) is 2.14. The second kappa shape index (κ2) is 3.17. The van der Waals surface area contributed by atoms with Crippen LogP contribution in [0, 0.1) is 0 Å². The van der Waals surface area contributed by atoms with Crippen LogP contribution in [0.2, 0.25) is 0 Å². The Morgan fingerprint density at radius 2 is 2.23 bits per heavy atom. The Morgan fingerprint density at radius 3 is 3.00 bits per heavy atom. The molecule has 0 spiro atoms. The molecule has 0 aromatic heterocycles. The molecule has 1 atom stereocenters. The van der Waals surface area contributed by atoms with E-state index in [1.165, 1.54) is 7.11 Å². The highest BCUT2D eigenvalue weighted by atomic mass is 31.2. The van der Waals surface area contributed by atoms with E-state index in [4.69, 9.17) is 9.05 Å². The van der Waals surface area contributed by atoms with Crippen molar-refractivity contribution in [1.82, 2.24) is 0 Å². The third kappa shape index (κ3) is 1.62. The van der Waals surface area contributed by atoms with E-state index in [1.54, 1.807) is 0 Å². The fourth-order valence-corrected chi connectivity index (χ4v) is 2.72. The van der Waals surface area contributed by atoms with E-state index in [9.17, 15) is 4.57 Å². The van der Waals surface area contributed by atoms with Gasteiger partial charge in [-0.25, -0.2) is 4.57 Å². The van der Waals surface area contributed by atoms with E-state index in [0.29, 0.717) is 11.9 Å². The van der Waals surface area contributed by atoms with Crippen LogP contribution in [-0.2, 0) is 15.5 Å². The molecule has 0 bridgehead atoms. The van der Waals surface area contributed by atoms with E-state index in [2.05, 4.69) is 0 Å². The zero-order valence-electron chi connectivity index (χ0n) is 7.40. The lowest BCUT2D eigenvalue weighted by Crippen LogP contribution is -2.09. The number of para-hydroxylation sites is 1. The molecule has 1 aliphatic heterocycles. The molecular formula is C9H11O3P. The minimum Gasteiger partial charge on any atom is -0.424 e. The van der Waals surface area contributed by atoms with Crippen molar-refractivity contribution in [2.45, 2.75) is 6.42 Å². The van der Waals surface area contributed by atoms with Crippen molar-refractivity contribution in [3.8, 4) is 5.75 Å². The van der Waals surface area contributed by atoms with Crippen molar-refractivity contribution in [1.29, 1.82) is 0 Å². The molecule has 0 saturated carbocycles. The van der Waals surface area contributed by atoms with Gasteiger partial charge in [0.15, 0.2) is 0 Å². The first kappa shape index (κ1) is 8.79. The smallest absolute Gasteiger partial charge is 0.379 e. The molecule has 1 heterocycles. The summed E-state index contributed by atoms with van der Waals surface area (Å²) >= 11 is 0. The van der Waals surface area contributed by atoms with Crippen LogP contribution in [-0.4, -0.2) is 13.3 Å². The first-order valence-corrected chi connectivity index (χ1v) is 5.89. The Balaban J connectivity index is 2.35. The van der Waals surface area contributed by atoms with E-state index in [0.717, 1.165) is 12.0 Å². The molecule has 3 nitrogen and oxygen atoms in total. The zero-order valence-corrected chi connectivity index (χ0v) is 8.29. The van der Waals surface area contributed by atoms with Crippen molar-refractivity contribution in [3.05, 3.63) is 29.8 Å². The summed E-state index contributed by atoms with van der Waals surface area (Å²) in [4.78, 5) is 0. The Bertz CT molecular complexity index is 362. The van der Waals surface area contributed by atoms with Crippen molar-refractivity contribution in [2.75, 3.05) is 13.3 Å². The van der Waals surface area contributed by atoms with Gasteiger partial charge in [0.05, 0.1) is 6.16 Å². The van der Waals surface area contributed by atoms with Crippen LogP contribution in [0.15, 0.2) is 24.3 Å². The normalized spacial score (nSPS) is 26.2. The maximum atomic E-state index is 11.7. The van der Waals surface area contributed by atoms with Crippen LogP contribution in [0.5, 0.6) is 5.75 Å². The Kier molecular flexibility index (Phi) is 2.14. The standard InChI is InChI=1S/C9H11O3P/c1-11-13(10)7-6-8-4-2-3-5-9(8)12-13/h2-5H,6-7H2,1H3. The topological polar surface area (TPSA) is 35.5 Å². The van der Waals surface area contributed by atoms with Gasteiger partial charge in [-0.15, -0.1) is 0 Å². The van der Waals surface area contributed by atoms with Crippen LogP contribution in [0.1, 0.15) is 5.56 Å². The summed E-state index contributed by atoms with van der Waals surface area (Å²) in [5.41, 5.74) is 1.10. The van der Waals surface area contributed by atoms with Crippen LogP contribution >= 0.6 is 7.60 Å². The summed E-state index contributed by atoms with van der Waals surface area (Å²) in [6.45, 7) is 0. The number of aryl methyl sites for hydroxylation is 1. The van der Waals surface area contributed by atoms with E-state index in [-0.39, 0.29) is 0 Å². The predicted octanol–water partition coefficient (Wildman–Crippen LogP) is 2.46. The first-order valence-electron chi connectivity index (χ1n) is 4.16. The summed E-state index contributed by atoms with van der Waals surface area (Å²) in [6, 6.07) is 7.62. The maximum Gasteiger partial charge on any atom is 0.379 e. The highest BCUT2D eigenvalue weighted by molar-refractivity contribution is 7.54. The molecule has 4 heteroatoms. The van der Waals surface area contributed by atoms with E-state index >= 15 is 0 Å². The molecule has 70 valence electrons. The highest BCUT2D eigenvalue weighted by Crippen LogP contribution is 2.52. The number of hydrogen-bond acceptors (Lipinski definition) is 3. The summed E-state index contributed by atoms with van der Waals surface area (Å²) in [6.07, 6.45) is 1.24. The predicted molar refractivity (Wildman–Crippen MR) is 50.3 cm³/mol. The number of benzene rings is 1. The highest BCUT2D eigenvalue weighted by Gasteiger charge is 2.29. The van der Waals surface area contributed by atoms with Gasteiger partial charge in [0.1, 0.15) is 5.75 Å². The van der Waals surface area contributed by atoms with Crippen LogP contribution in [0.25, 0.3) is 0 Å². The summed E-state index contributed by atoms with van der Waals surface area (Å²) in [5, 5.41) is 0. The largest absolute Gasteiger partial charge is 0.424 e. The first-order chi connectivity index (χ1) is 6.23. The van der Waals surface area contributed by atoms with Gasteiger partial charge in [-0.3, -0.25) is 0 Å². The number of rotatable bonds is 1. The monoisotopic (exact) mass is 198 g/mol. The lowest BCUT2D eigenvalue weighted by atomic mass is 10.1. The second-order valence-electron chi connectivity index (χ2n) is 2.97. The van der Waals surface area contributed by atoms with Crippen LogP contribution in [0.4, 0.5) is 0 Å². The summed E-state index contributed by atoms with van der Waals surface area (Å²) < 4.78 is 21.9. The molecule has 1 aromatic rings. The van der Waals surface area contributed by atoms with Gasteiger partial charge >= 0.3 is 7.60 Å². The Morgan fingerprint density at radius 1 is 1.46 bits per heavy atom. The SMILES string of the molecule is COP1(=O)CCc2ccccc2O1. The third-order valence-corrected chi connectivity index (χ3v) is 3.95. The fourth-order valence-electron chi connectivity index (χ4n) is 1.38. The number of hydrogen-bond donors (Lipinski definition) is 0. The van der Waals surface area contributed by atoms with Gasteiger partial charge < -0.3 is 9.05 Å². The van der Waals surface area contributed by atoms with Crippen molar-refractivity contribution >= 4 is 7.60 Å². The molecule has 0 N–H and O–H groups in total. The quantitative estimate of drug-likeness (QED) is 0.650. The molecule has 1 unspecified atom stereocenters. The van der Waals surface area contributed by atoms with Gasteiger partial charge in [-0.1, -0.05) is 18.2 Å². The Labute approximate surface area is 77.2 Å². The molecule has 0 amide bonds. The molecule has 13 heavy (non-hydrogen) atoms. The molecule has 0 aliphatic carbocycles. The fraction of sp³-hybridized carbons (Fsp3) is 0.333. The van der Waals surface area contributed by atoms with Crippen molar-refractivity contribution in [2.24, 2.45) is 0 Å². The van der Waals surface area contributed by atoms with Gasteiger partial charge in [0, 0.05) is 7.11 Å². The van der Waals surface area contributed by atoms with E-state index in [1.807, 2.05) is 24.3 Å². The molecule has 1 aromatic carbocycles. The van der Waals surface area contributed by atoms with E-state index < -0.39 is 7.60 Å². The maximum absolute atomic E-state index is 11.7. The van der Waals surface area contributed by atoms with Gasteiger partial charge in [-0.05, 0) is 18.1 Å². The lowest BCUT2D eigenvalue weighted by Gasteiger charge is -2.23.